The Labute approximate surface area is 90.7 Å². The lowest BCUT2D eigenvalue weighted by atomic mass is 10.2. The van der Waals surface area contributed by atoms with Crippen LogP contribution in [0.15, 0.2) is 30.5 Å². The molecule has 0 aliphatic heterocycles. The molecule has 0 aliphatic carbocycles. The van der Waals surface area contributed by atoms with Crippen LogP contribution in [0.2, 0.25) is 0 Å². The van der Waals surface area contributed by atoms with E-state index in [-0.39, 0.29) is 0 Å². The highest BCUT2D eigenvalue weighted by Gasteiger charge is 2.04. The first kappa shape index (κ1) is 11.3. The standard InChI is InChI=1S/C12H15N3/c1-4-15(9-10(2)3)12-6-5-11(7-13)14-8-12/h5-6,8H,2,4,9H2,1,3H3. The molecule has 78 valence electrons. The summed E-state index contributed by atoms with van der Waals surface area (Å²) in [5, 5.41) is 8.63. The smallest absolute Gasteiger partial charge is 0.140 e. The topological polar surface area (TPSA) is 39.9 Å². The second-order valence-electron chi connectivity index (χ2n) is 3.48. The normalized spacial score (nSPS) is 9.40. The average Bonchev–Trinajstić information content (AvgIpc) is 2.26. The lowest BCUT2D eigenvalue weighted by Crippen LogP contribution is -2.24. The van der Waals surface area contributed by atoms with Gasteiger partial charge in [-0.25, -0.2) is 4.98 Å². The van der Waals surface area contributed by atoms with Crippen LogP contribution in [0.1, 0.15) is 19.5 Å². The Kier molecular flexibility index (Phi) is 3.87. The number of nitriles is 1. The van der Waals surface area contributed by atoms with Gasteiger partial charge in [0.15, 0.2) is 0 Å². The van der Waals surface area contributed by atoms with Gasteiger partial charge < -0.3 is 4.90 Å². The van der Waals surface area contributed by atoms with Crippen molar-refractivity contribution in [1.82, 2.24) is 4.98 Å². The van der Waals surface area contributed by atoms with Crippen LogP contribution in [0.3, 0.4) is 0 Å². The van der Waals surface area contributed by atoms with Crippen molar-refractivity contribution in [3.05, 3.63) is 36.2 Å². The summed E-state index contributed by atoms with van der Waals surface area (Å²) in [6.07, 6.45) is 1.73. The van der Waals surface area contributed by atoms with Gasteiger partial charge in [0, 0.05) is 13.1 Å². The van der Waals surface area contributed by atoms with Gasteiger partial charge >= 0.3 is 0 Å². The van der Waals surface area contributed by atoms with Crippen LogP contribution in [-0.2, 0) is 0 Å². The molecule has 0 saturated heterocycles. The van der Waals surface area contributed by atoms with Gasteiger partial charge in [-0.05, 0) is 26.0 Å². The summed E-state index contributed by atoms with van der Waals surface area (Å²) < 4.78 is 0. The summed E-state index contributed by atoms with van der Waals surface area (Å²) in [4.78, 5) is 6.20. The zero-order chi connectivity index (χ0) is 11.3. The van der Waals surface area contributed by atoms with Crippen molar-refractivity contribution in [2.45, 2.75) is 13.8 Å². The van der Waals surface area contributed by atoms with E-state index in [9.17, 15) is 0 Å². The summed E-state index contributed by atoms with van der Waals surface area (Å²) in [5.41, 5.74) is 2.59. The molecule has 0 aromatic carbocycles. The molecule has 0 bridgehead atoms. The van der Waals surface area contributed by atoms with Crippen molar-refractivity contribution in [2.75, 3.05) is 18.0 Å². The Morgan fingerprint density at radius 2 is 2.33 bits per heavy atom. The van der Waals surface area contributed by atoms with E-state index in [1.807, 2.05) is 19.1 Å². The van der Waals surface area contributed by atoms with Gasteiger partial charge in [-0.1, -0.05) is 12.2 Å². The molecule has 0 unspecified atom stereocenters. The predicted molar refractivity (Wildman–Crippen MR) is 61.7 cm³/mol. The minimum atomic E-state index is 0.449. The first-order valence-electron chi connectivity index (χ1n) is 4.93. The molecule has 1 aromatic heterocycles. The van der Waals surface area contributed by atoms with Gasteiger partial charge in [0.2, 0.25) is 0 Å². The van der Waals surface area contributed by atoms with Crippen molar-refractivity contribution < 1.29 is 0 Å². The Balaban J connectivity index is 2.84. The van der Waals surface area contributed by atoms with Gasteiger partial charge in [0.1, 0.15) is 11.8 Å². The fourth-order valence-corrected chi connectivity index (χ4v) is 1.35. The second-order valence-corrected chi connectivity index (χ2v) is 3.48. The summed E-state index contributed by atoms with van der Waals surface area (Å²) in [7, 11) is 0. The predicted octanol–water partition coefficient (Wildman–Crippen LogP) is 2.36. The highest BCUT2D eigenvalue weighted by atomic mass is 15.1. The van der Waals surface area contributed by atoms with Gasteiger partial charge in [0.25, 0.3) is 0 Å². The van der Waals surface area contributed by atoms with E-state index in [4.69, 9.17) is 5.26 Å². The molecule has 0 fully saturated rings. The highest BCUT2D eigenvalue weighted by Crippen LogP contribution is 2.13. The molecule has 0 amide bonds. The lowest BCUT2D eigenvalue weighted by molar-refractivity contribution is 0.876. The van der Waals surface area contributed by atoms with E-state index in [0.29, 0.717) is 5.69 Å². The summed E-state index contributed by atoms with van der Waals surface area (Å²) in [6.45, 7) is 9.70. The maximum Gasteiger partial charge on any atom is 0.140 e. The third-order valence-electron chi connectivity index (χ3n) is 2.07. The molecule has 0 aliphatic rings. The molecule has 15 heavy (non-hydrogen) atoms. The highest BCUT2D eigenvalue weighted by molar-refractivity contribution is 5.46. The summed E-state index contributed by atoms with van der Waals surface area (Å²) in [6, 6.07) is 5.65. The first-order valence-corrected chi connectivity index (χ1v) is 4.93. The van der Waals surface area contributed by atoms with Crippen LogP contribution in [0.5, 0.6) is 0 Å². The lowest BCUT2D eigenvalue weighted by Gasteiger charge is -2.22. The second kappa shape index (κ2) is 5.16. The zero-order valence-corrected chi connectivity index (χ0v) is 9.20. The Morgan fingerprint density at radius 3 is 2.73 bits per heavy atom. The van der Waals surface area contributed by atoms with E-state index in [1.54, 1.807) is 12.3 Å². The molecule has 0 atom stereocenters. The molecular weight excluding hydrogens is 186 g/mol. The van der Waals surface area contributed by atoms with Crippen LogP contribution in [0.4, 0.5) is 5.69 Å². The monoisotopic (exact) mass is 201 g/mol. The van der Waals surface area contributed by atoms with E-state index < -0.39 is 0 Å². The Hall–Kier alpha value is -1.82. The molecule has 1 heterocycles. The van der Waals surface area contributed by atoms with E-state index >= 15 is 0 Å². The number of likely N-dealkylation sites (N-methyl/N-ethyl adjacent to an activating group) is 1. The molecule has 3 heteroatoms. The van der Waals surface area contributed by atoms with E-state index in [0.717, 1.165) is 24.4 Å². The van der Waals surface area contributed by atoms with Gasteiger partial charge in [-0.15, -0.1) is 0 Å². The van der Waals surface area contributed by atoms with Crippen molar-refractivity contribution in [3.8, 4) is 6.07 Å². The van der Waals surface area contributed by atoms with Crippen molar-refractivity contribution in [2.24, 2.45) is 0 Å². The molecule has 1 aromatic rings. The fraction of sp³-hybridized carbons (Fsp3) is 0.333. The van der Waals surface area contributed by atoms with Crippen LogP contribution in [-0.4, -0.2) is 18.1 Å². The summed E-state index contributed by atoms with van der Waals surface area (Å²) in [5.74, 6) is 0. The van der Waals surface area contributed by atoms with Crippen LogP contribution < -0.4 is 4.90 Å². The van der Waals surface area contributed by atoms with Crippen LogP contribution in [0.25, 0.3) is 0 Å². The van der Waals surface area contributed by atoms with Gasteiger partial charge in [0.05, 0.1) is 11.9 Å². The first-order chi connectivity index (χ1) is 7.17. The Morgan fingerprint density at radius 1 is 1.60 bits per heavy atom. The summed E-state index contributed by atoms with van der Waals surface area (Å²) >= 11 is 0. The third-order valence-corrected chi connectivity index (χ3v) is 2.07. The number of aromatic nitrogens is 1. The van der Waals surface area contributed by atoms with E-state index in [1.165, 1.54) is 0 Å². The molecule has 1 rings (SSSR count). The average molecular weight is 201 g/mol. The fourth-order valence-electron chi connectivity index (χ4n) is 1.35. The number of pyridine rings is 1. The molecule has 0 N–H and O–H groups in total. The minimum Gasteiger partial charge on any atom is -0.367 e. The molecule has 3 nitrogen and oxygen atoms in total. The van der Waals surface area contributed by atoms with Crippen LogP contribution >= 0.6 is 0 Å². The maximum atomic E-state index is 8.63. The molecular formula is C12H15N3. The van der Waals surface area contributed by atoms with E-state index in [2.05, 4.69) is 23.4 Å². The van der Waals surface area contributed by atoms with Gasteiger partial charge in [-0.2, -0.15) is 5.26 Å². The van der Waals surface area contributed by atoms with Crippen molar-refractivity contribution in [3.63, 3.8) is 0 Å². The Bertz CT molecular complexity index is 373. The minimum absolute atomic E-state index is 0.449. The molecule has 0 saturated carbocycles. The number of nitrogens with zero attached hydrogens (tertiary/aromatic N) is 3. The number of hydrogen-bond acceptors (Lipinski definition) is 3. The van der Waals surface area contributed by atoms with Crippen molar-refractivity contribution in [1.29, 1.82) is 5.26 Å². The number of anilines is 1. The largest absolute Gasteiger partial charge is 0.367 e. The molecule has 0 spiro atoms. The molecule has 0 radical (unpaired) electrons. The number of rotatable bonds is 4. The van der Waals surface area contributed by atoms with Gasteiger partial charge in [-0.3, -0.25) is 0 Å². The van der Waals surface area contributed by atoms with Crippen LogP contribution in [0, 0.1) is 11.3 Å². The SMILES string of the molecule is C=C(C)CN(CC)c1ccc(C#N)nc1. The van der Waals surface area contributed by atoms with Crippen molar-refractivity contribution >= 4 is 5.69 Å². The number of hydrogen-bond donors (Lipinski definition) is 0. The maximum absolute atomic E-state index is 8.63. The zero-order valence-electron chi connectivity index (χ0n) is 9.20. The quantitative estimate of drug-likeness (QED) is 0.702. The third kappa shape index (κ3) is 3.10.